The van der Waals surface area contributed by atoms with Gasteiger partial charge in [0.2, 0.25) is 5.88 Å². The fourth-order valence-electron chi connectivity index (χ4n) is 0.917. The third-order valence-corrected chi connectivity index (χ3v) is 1.91. The molecule has 1 aromatic heterocycles. The first-order valence-electron chi connectivity index (χ1n) is 4.47. The lowest BCUT2D eigenvalue weighted by Gasteiger charge is -2.06. The molecule has 0 aliphatic carbocycles. The van der Waals surface area contributed by atoms with E-state index in [-0.39, 0.29) is 17.5 Å². The zero-order valence-electron chi connectivity index (χ0n) is 9.00. The van der Waals surface area contributed by atoms with Crippen LogP contribution >= 0.6 is 0 Å². The van der Waals surface area contributed by atoms with Crippen molar-refractivity contribution >= 4 is 15.9 Å². The van der Waals surface area contributed by atoms with Gasteiger partial charge in [-0.15, -0.1) is 0 Å². The van der Waals surface area contributed by atoms with E-state index in [9.17, 15) is 8.42 Å². The van der Waals surface area contributed by atoms with Crippen molar-refractivity contribution in [3.63, 3.8) is 0 Å². The number of ether oxygens (including phenoxy) is 1. The molecule has 0 unspecified atom stereocenters. The molecule has 6 nitrogen and oxygen atoms in total. The lowest BCUT2D eigenvalue weighted by Crippen LogP contribution is -2.08. The Morgan fingerprint density at radius 3 is 2.81 bits per heavy atom. The van der Waals surface area contributed by atoms with Crippen LogP contribution in [-0.4, -0.2) is 31.2 Å². The normalized spacial score (nSPS) is 10.9. The highest BCUT2D eigenvalue weighted by molar-refractivity contribution is 7.86. The SMILES string of the molecule is C=C(OCC)c1nccc(OS(C)(=O)=O)n1. The Kier molecular flexibility index (Phi) is 3.83. The Bertz CT molecular complexity index is 484. The van der Waals surface area contributed by atoms with Gasteiger partial charge in [-0.25, -0.2) is 4.98 Å². The van der Waals surface area contributed by atoms with Crippen LogP contribution in [0, 0.1) is 0 Å². The van der Waals surface area contributed by atoms with Crippen molar-refractivity contribution < 1.29 is 17.3 Å². The maximum atomic E-state index is 10.9. The van der Waals surface area contributed by atoms with Gasteiger partial charge in [0.05, 0.1) is 12.9 Å². The molecule has 0 aliphatic rings. The molecule has 0 aromatic carbocycles. The second kappa shape index (κ2) is 4.93. The lowest BCUT2D eigenvalue weighted by atomic mass is 10.5. The number of hydrogen-bond acceptors (Lipinski definition) is 6. The Balaban J connectivity index is 2.91. The molecular weight excluding hydrogens is 232 g/mol. The van der Waals surface area contributed by atoms with E-state index in [0.717, 1.165) is 6.26 Å². The molecular formula is C9H12N2O4S. The van der Waals surface area contributed by atoms with Crippen LogP contribution in [0.2, 0.25) is 0 Å². The molecule has 7 heteroatoms. The molecule has 0 radical (unpaired) electrons. The maximum absolute atomic E-state index is 10.9. The van der Waals surface area contributed by atoms with Gasteiger partial charge in [-0.1, -0.05) is 6.58 Å². The van der Waals surface area contributed by atoms with Gasteiger partial charge in [-0.2, -0.15) is 13.4 Å². The van der Waals surface area contributed by atoms with Crippen LogP contribution in [0.1, 0.15) is 12.7 Å². The highest BCUT2D eigenvalue weighted by Crippen LogP contribution is 2.13. The van der Waals surface area contributed by atoms with Crippen LogP contribution in [0.3, 0.4) is 0 Å². The summed E-state index contributed by atoms with van der Waals surface area (Å²) in [6.45, 7) is 5.82. The molecule has 0 amide bonds. The quantitative estimate of drug-likeness (QED) is 0.563. The smallest absolute Gasteiger partial charge is 0.307 e. The van der Waals surface area contributed by atoms with E-state index in [1.165, 1.54) is 12.3 Å². The summed E-state index contributed by atoms with van der Waals surface area (Å²) in [6.07, 6.45) is 2.30. The molecule has 0 aliphatic heterocycles. The molecule has 1 aromatic rings. The van der Waals surface area contributed by atoms with E-state index < -0.39 is 10.1 Å². The van der Waals surface area contributed by atoms with Crippen molar-refractivity contribution in [2.75, 3.05) is 12.9 Å². The lowest BCUT2D eigenvalue weighted by molar-refractivity contribution is 0.295. The first-order valence-corrected chi connectivity index (χ1v) is 6.28. The van der Waals surface area contributed by atoms with E-state index in [4.69, 9.17) is 4.74 Å². The highest BCUT2D eigenvalue weighted by Gasteiger charge is 2.09. The standard InChI is InChI=1S/C9H12N2O4S/c1-4-14-7(2)9-10-6-5-8(11-9)15-16(3,12)13/h5-6H,2,4H2,1,3H3. The van der Waals surface area contributed by atoms with E-state index in [1.807, 2.05) is 0 Å². The summed E-state index contributed by atoms with van der Waals surface area (Å²) < 4.78 is 31.4. The highest BCUT2D eigenvalue weighted by atomic mass is 32.2. The third kappa shape index (κ3) is 3.85. The summed E-state index contributed by atoms with van der Waals surface area (Å²) in [5.74, 6) is 0.401. The van der Waals surface area contributed by atoms with E-state index in [0.29, 0.717) is 6.61 Å². The van der Waals surface area contributed by atoms with Crippen molar-refractivity contribution in [2.24, 2.45) is 0 Å². The topological polar surface area (TPSA) is 78.4 Å². The minimum atomic E-state index is -3.59. The van der Waals surface area contributed by atoms with Crippen LogP contribution in [-0.2, 0) is 14.9 Å². The van der Waals surface area contributed by atoms with Gasteiger partial charge < -0.3 is 8.92 Å². The van der Waals surface area contributed by atoms with Gasteiger partial charge in [0.1, 0.15) is 0 Å². The minimum Gasteiger partial charge on any atom is -0.491 e. The zero-order valence-corrected chi connectivity index (χ0v) is 9.82. The molecule has 0 saturated carbocycles. The zero-order chi connectivity index (χ0) is 12.2. The van der Waals surface area contributed by atoms with E-state index in [2.05, 4.69) is 20.7 Å². The molecule has 0 saturated heterocycles. The molecule has 0 spiro atoms. The second-order valence-corrected chi connectivity index (χ2v) is 4.44. The Hall–Kier alpha value is -1.63. The summed E-state index contributed by atoms with van der Waals surface area (Å²) in [5, 5.41) is 0. The maximum Gasteiger partial charge on any atom is 0.307 e. The molecule has 0 N–H and O–H groups in total. The number of aromatic nitrogens is 2. The molecule has 0 bridgehead atoms. The van der Waals surface area contributed by atoms with E-state index in [1.54, 1.807) is 6.92 Å². The predicted molar refractivity (Wildman–Crippen MR) is 58.2 cm³/mol. The molecule has 1 heterocycles. The Labute approximate surface area is 94.1 Å². The predicted octanol–water partition coefficient (Wildman–Crippen LogP) is 0.822. The molecule has 16 heavy (non-hydrogen) atoms. The van der Waals surface area contributed by atoms with Crippen molar-refractivity contribution in [1.29, 1.82) is 0 Å². The first kappa shape index (κ1) is 12.4. The fourth-order valence-corrected chi connectivity index (χ4v) is 1.32. The van der Waals surface area contributed by atoms with Crippen LogP contribution in [0.4, 0.5) is 0 Å². The summed E-state index contributed by atoms with van der Waals surface area (Å²) in [4.78, 5) is 7.72. The monoisotopic (exact) mass is 244 g/mol. The summed E-state index contributed by atoms with van der Waals surface area (Å²) in [5.41, 5.74) is 0. The minimum absolute atomic E-state index is 0.0617. The van der Waals surface area contributed by atoms with Gasteiger partial charge in [-0.05, 0) is 6.92 Å². The largest absolute Gasteiger partial charge is 0.491 e. The van der Waals surface area contributed by atoms with Crippen molar-refractivity contribution in [2.45, 2.75) is 6.92 Å². The molecule has 1 rings (SSSR count). The van der Waals surface area contributed by atoms with Crippen LogP contribution in [0.5, 0.6) is 5.88 Å². The van der Waals surface area contributed by atoms with Crippen molar-refractivity contribution in [3.8, 4) is 5.88 Å². The number of hydrogen-bond donors (Lipinski definition) is 0. The number of rotatable bonds is 5. The molecule has 0 fully saturated rings. The fraction of sp³-hybridized carbons (Fsp3) is 0.333. The summed E-state index contributed by atoms with van der Waals surface area (Å²) in [7, 11) is -3.59. The average Bonchev–Trinajstić information content (AvgIpc) is 2.16. The van der Waals surface area contributed by atoms with Gasteiger partial charge in [-0.3, -0.25) is 0 Å². The van der Waals surface area contributed by atoms with Gasteiger partial charge in [0.15, 0.2) is 11.6 Å². The van der Waals surface area contributed by atoms with Crippen molar-refractivity contribution in [3.05, 3.63) is 24.7 Å². The Morgan fingerprint density at radius 2 is 2.25 bits per heavy atom. The van der Waals surface area contributed by atoms with Gasteiger partial charge in [0, 0.05) is 12.3 Å². The second-order valence-electron chi connectivity index (χ2n) is 2.86. The molecule has 88 valence electrons. The molecule has 0 atom stereocenters. The third-order valence-electron chi connectivity index (χ3n) is 1.43. The van der Waals surface area contributed by atoms with Gasteiger partial charge in [0.25, 0.3) is 0 Å². The van der Waals surface area contributed by atoms with Crippen LogP contribution in [0.25, 0.3) is 5.76 Å². The van der Waals surface area contributed by atoms with Crippen LogP contribution < -0.4 is 4.18 Å². The van der Waals surface area contributed by atoms with Crippen LogP contribution in [0.15, 0.2) is 18.8 Å². The summed E-state index contributed by atoms with van der Waals surface area (Å²) >= 11 is 0. The van der Waals surface area contributed by atoms with E-state index >= 15 is 0 Å². The first-order chi connectivity index (χ1) is 7.42. The van der Waals surface area contributed by atoms with Gasteiger partial charge >= 0.3 is 10.1 Å². The average molecular weight is 244 g/mol. The summed E-state index contributed by atoms with van der Waals surface area (Å²) in [6, 6.07) is 1.34. The number of nitrogens with zero attached hydrogens (tertiary/aromatic N) is 2. The Morgan fingerprint density at radius 1 is 1.56 bits per heavy atom. The van der Waals surface area contributed by atoms with Crippen molar-refractivity contribution in [1.82, 2.24) is 9.97 Å².